The van der Waals surface area contributed by atoms with Gasteiger partial charge in [-0.3, -0.25) is 19.7 Å². The van der Waals surface area contributed by atoms with Gasteiger partial charge >= 0.3 is 0 Å². The van der Waals surface area contributed by atoms with Gasteiger partial charge in [0.2, 0.25) is 11.9 Å². The third-order valence-electron chi connectivity index (χ3n) is 7.34. The molecule has 0 bridgehead atoms. The Balaban J connectivity index is 1.27. The maximum atomic E-state index is 13.4. The van der Waals surface area contributed by atoms with Gasteiger partial charge in [0.15, 0.2) is 0 Å². The van der Waals surface area contributed by atoms with Crippen molar-refractivity contribution in [3.8, 4) is 21.6 Å². The van der Waals surface area contributed by atoms with Crippen LogP contribution in [0.5, 0.6) is 0 Å². The smallest absolute Gasteiger partial charge is 0.268 e. The maximum Gasteiger partial charge on any atom is 0.268 e. The number of aromatic nitrogens is 2. The fourth-order valence-corrected chi connectivity index (χ4v) is 5.92. The fraction of sp³-hybridized carbons (Fsp3) is 0.0857. The maximum absolute atomic E-state index is 13.4. The van der Waals surface area contributed by atoms with Gasteiger partial charge in [-0.15, -0.1) is 11.3 Å². The van der Waals surface area contributed by atoms with E-state index < -0.39 is 5.91 Å². The van der Waals surface area contributed by atoms with Crippen molar-refractivity contribution < 1.29 is 14.4 Å². The second kappa shape index (κ2) is 12.4. The average molecular weight is 600 g/mol. The third-order valence-corrected chi connectivity index (χ3v) is 8.47. The zero-order chi connectivity index (χ0) is 30.6. The number of nitrogens with two attached hydrogens (primary N) is 1. The molecule has 8 nitrogen and oxygen atoms in total. The van der Waals surface area contributed by atoms with E-state index in [-0.39, 0.29) is 24.8 Å². The zero-order valence-corrected chi connectivity index (χ0v) is 24.8. The highest BCUT2D eigenvalue weighted by atomic mass is 32.1. The van der Waals surface area contributed by atoms with Gasteiger partial charge < -0.3 is 15.2 Å². The molecule has 0 aliphatic carbocycles. The van der Waals surface area contributed by atoms with E-state index in [0.29, 0.717) is 33.1 Å². The number of hydrogen-bond donors (Lipinski definition) is 2. The number of aryl methyl sites for hydroxylation is 1. The van der Waals surface area contributed by atoms with Crippen molar-refractivity contribution in [2.45, 2.75) is 13.0 Å². The number of nitrogens with zero attached hydrogens (tertiary/aromatic N) is 3. The number of anilines is 2. The summed E-state index contributed by atoms with van der Waals surface area (Å²) in [5, 5.41) is 2.93. The summed E-state index contributed by atoms with van der Waals surface area (Å²) in [6.45, 7) is 0.238. The summed E-state index contributed by atoms with van der Waals surface area (Å²) in [4.78, 5) is 45.8. The molecule has 0 saturated heterocycles. The van der Waals surface area contributed by atoms with Crippen molar-refractivity contribution in [3.05, 3.63) is 126 Å². The molecule has 2 aromatic heterocycles. The molecule has 0 radical (unpaired) electrons. The molecule has 0 saturated carbocycles. The minimum atomic E-state index is -0.463. The van der Waals surface area contributed by atoms with Crippen LogP contribution in [0.25, 0.3) is 32.6 Å². The lowest BCUT2D eigenvalue weighted by Gasteiger charge is -2.17. The minimum absolute atomic E-state index is 0.0728. The number of nitrogens with one attached hydrogen (secondary N) is 1. The van der Waals surface area contributed by atoms with Gasteiger partial charge in [-0.1, -0.05) is 66.7 Å². The predicted octanol–water partition coefficient (Wildman–Crippen LogP) is 6.84. The van der Waals surface area contributed by atoms with E-state index in [0.717, 1.165) is 21.6 Å². The van der Waals surface area contributed by atoms with Crippen molar-refractivity contribution in [2.75, 3.05) is 17.3 Å². The van der Waals surface area contributed by atoms with Gasteiger partial charge in [0.1, 0.15) is 0 Å². The highest BCUT2D eigenvalue weighted by Crippen LogP contribution is 2.32. The molecular weight excluding hydrogens is 570 g/mol. The summed E-state index contributed by atoms with van der Waals surface area (Å²) in [6, 6.07) is 36.5. The van der Waals surface area contributed by atoms with Crippen LogP contribution in [-0.4, -0.2) is 34.3 Å². The number of thiophene rings is 1. The Kier molecular flexibility index (Phi) is 8.03. The molecule has 3 amide bonds. The average Bonchev–Trinajstić information content (AvgIpc) is 3.69. The lowest BCUT2D eigenvalue weighted by molar-refractivity contribution is -0.118. The summed E-state index contributed by atoms with van der Waals surface area (Å²) < 4.78 is 1.76. The fourth-order valence-electron chi connectivity index (χ4n) is 5.02. The minimum Gasteiger partial charge on any atom is -0.370 e. The lowest BCUT2D eigenvalue weighted by Crippen LogP contribution is -2.26. The number of imidazole rings is 1. The highest BCUT2D eigenvalue weighted by Gasteiger charge is 2.19. The number of amides is 3. The Labute approximate surface area is 258 Å². The summed E-state index contributed by atoms with van der Waals surface area (Å²) in [5.41, 5.74) is 11.2. The second-order valence-electron chi connectivity index (χ2n) is 10.3. The molecule has 6 aromatic rings. The quantitative estimate of drug-likeness (QED) is 0.190. The van der Waals surface area contributed by atoms with Crippen molar-refractivity contribution in [1.82, 2.24) is 9.55 Å². The molecule has 3 N–H and O–H groups in total. The van der Waals surface area contributed by atoms with Crippen LogP contribution in [-0.2, 0) is 11.3 Å². The first-order valence-corrected chi connectivity index (χ1v) is 14.9. The molecule has 9 heteroatoms. The molecule has 0 spiro atoms. The standard InChI is InChI=1S/C35H29N5O3S/c1-39(34(43)24-11-6-3-7-12-24)27-15-16-29-28(22-27)37-35(40(29)20-19-32(36)41)38-33(42)31-18-17-30(44-31)26-14-8-13-25(21-26)23-9-4-2-5-10-23/h2-18,21-22H,19-20H2,1H3,(H2,36,41)(H,37,38,42). The Morgan fingerprint density at radius 3 is 2.27 bits per heavy atom. The number of primary amides is 1. The predicted molar refractivity (Wildman–Crippen MR) is 176 cm³/mol. The number of carbonyl (C=O) groups excluding carboxylic acids is 3. The SMILES string of the molecule is CN(C(=O)c1ccccc1)c1ccc2c(c1)nc(NC(=O)c1ccc(-c3cccc(-c4ccccc4)c3)s1)n2CCC(N)=O. The number of carbonyl (C=O) groups is 3. The third kappa shape index (κ3) is 5.99. The van der Waals surface area contributed by atoms with Crippen molar-refractivity contribution in [2.24, 2.45) is 5.73 Å². The van der Waals surface area contributed by atoms with Crippen LogP contribution in [0.4, 0.5) is 11.6 Å². The number of hydrogen-bond acceptors (Lipinski definition) is 5. The molecule has 0 fully saturated rings. The van der Waals surface area contributed by atoms with Gasteiger partial charge in [0, 0.05) is 36.1 Å². The summed E-state index contributed by atoms with van der Waals surface area (Å²) in [6.07, 6.45) is 0.0728. The molecular formula is C35H29N5O3S. The van der Waals surface area contributed by atoms with Crippen molar-refractivity contribution >= 4 is 51.7 Å². The van der Waals surface area contributed by atoms with Crippen molar-refractivity contribution in [3.63, 3.8) is 0 Å². The Bertz CT molecular complexity index is 1980. The highest BCUT2D eigenvalue weighted by molar-refractivity contribution is 7.17. The Morgan fingerprint density at radius 2 is 1.52 bits per heavy atom. The first-order chi connectivity index (χ1) is 21.4. The summed E-state index contributed by atoms with van der Waals surface area (Å²) in [7, 11) is 1.70. The van der Waals surface area contributed by atoms with Gasteiger partial charge in [0.05, 0.1) is 15.9 Å². The Morgan fingerprint density at radius 1 is 0.818 bits per heavy atom. The first kappa shape index (κ1) is 28.6. The largest absolute Gasteiger partial charge is 0.370 e. The monoisotopic (exact) mass is 599 g/mol. The zero-order valence-electron chi connectivity index (χ0n) is 23.9. The van der Waals surface area contributed by atoms with E-state index >= 15 is 0 Å². The van der Waals surface area contributed by atoms with Gasteiger partial charge in [-0.05, 0) is 65.2 Å². The molecule has 6 rings (SSSR count). The van der Waals surface area contributed by atoms with Crippen LogP contribution in [0.15, 0.2) is 115 Å². The van der Waals surface area contributed by atoms with E-state index in [4.69, 9.17) is 5.73 Å². The molecule has 44 heavy (non-hydrogen) atoms. The van der Waals surface area contributed by atoms with Crippen LogP contribution in [0, 0.1) is 0 Å². The lowest BCUT2D eigenvalue weighted by atomic mass is 10.0. The van der Waals surface area contributed by atoms with Crippen LogP contribution in [0.1, 0.15) is 26.5 Å². The molecule has 0 atom stereocenters. The van der Waals surface area contributed by atoms with E-state index in [2.05, 4.69) is 34.6 Å². The molecule has 218 valence electrons. The van der Waals surface area contributed by atoms with Crippen LogP contribution < -0.4 is 16.0 Å². The summed E-state index contributed by atoms with van der Waals surface area (Å²) >= 11 is 1.39. The van der Waals surface area contributed by atoms with Crippen molar-refractivity contribution in [1.29, 1.82) is 0 Å². The normalized spacial score (nSPS) is 10.9. The van der Waals surface area contributed by atoms with Gasteiger partial charge in [-0.2, -0.15) is 0 Å². The number of fused-ring (bicyclic) bond motifs is 1. The van der Waals surface area contributed by atoms with Crippen LogP contribution in [0.2, 0.25) is 0 Å². The van der Waals surface area contributed by atoms with Gasteiger partial charge in [-0.25, -0.2) is 4.98 Å². The number of rotatable bonds is 9. The van der Waals surface area contributed by atoms with Gasteiger partial charge in [0.25, 0.3) is 11.8 Å². The Hall–Kier alpha value is -5.54. The number of benzene rings is 4. The molecule has 2 heterocycles. The van der Waals surface area contributed by atoms with Crippen LogP contribution in [0.3, 0.4) is 0 Å². The van der Waals surface area contributed by atoms with E-state index in [1.54, 1.807) is 40.8 Å². The molecule has 0 aliphatic heterocycles. The van der Waals surface area contributed by atoms with E-state index in [1.807, 2.05) is 66.7 Å². The topological polar surface area (TPSA) is 110 Å². The van der Waals surface area contributed by atoms with E-state index in [9.17, 15) is 14.4 Å². The second-order valence-corrected chi connectivity index (χ2v) is 11.4. The van der Waals surface area contributed by atoms with E-state index in [1.165, 1.54) is 11.3 Å². The first-order valence-electron chi connectivity index (χ1n) is 14.1. The van der Waals surface area contributed by atoms with Crippen LogP contribution >= 0.6 is 11.3 Å². The molecule has 0 unspecified atom stereocenters. The summed E-state index contributed by atoms with van der Waals surface area (Å²) in [5.74, 6) is -0.641. The molecule has 4 aromatic carbocycles. The molecule has 0 aliphatic rings.